The van der Waals surface area contributed by atoms with Gasteiger partial charge in [-0.3, -0.25) is 0 Å². The molecular weight excluding hydrogens is 382 g/mol. The van der Waals surface area contributed by atoms with E-state index in [2.05, 4.69) is 5.16 Å². The molecule has 0 aliphatic carbocycles. The van der Waals surface area contributed by atoms with Gasteiger partial charge in [-0.25, -0.2) is 4.79 Å². The molecular formula is C20H19NO6S. The molecule has 146 valence electrons. The van der Waals surface area contributed by atoms with E-state index in [-0.39, 0.29) is 6.61 Å². The molecule has 0 amide bonds. The minimum atomic E-state index is -0.505. The molecule has 2 aromatic heterocycles. The first-order valence-electron chi connectivity index (χ1n) is 8.29. The highest BCUT2D eigenvalue weighted by Crippen LogP contribution is 2.38. The Morgan fingerprint density at radius 2 is 1.89 bits per heavy atom. The summed E-state index contributed by atoms with van der Waals surface area (Å²) >= 11 is 1.55. The summed E-state index contributed by atoms with van der Waals surface area (Å²) in [7, 11) is 4.59. The molecule has 0 aliphatic rings. The summed E-state index contributed by atoms with van der Waals surface area (Å²) in [6.45, 7) is 0.0211. The lowest BCUT2D eigenvalue weighted by Crippen LogP contribution is -2.01. The summed E-state index contributed by atoms with van der Waals surface area (Å²) in [5.41, 5.74) is 1.24. The molecule has 0 fully saturated rings. The van der Waals surface area contributed by atoms with Crippen LogP contribution in [0.3, 0.4) is 0 Å². The van der Waals surface area contributed by atoms with E-state index in [9.17, 15) is 4.79 Å². The lowest BCUT2D eigenvalue weighted by Gasteiger charge is -2.12. The number of esters is 1. The van der Waals surface area contributed by atoms with Gasteiger partial charge < -0.3 is 23.5 Å². The number of hydrogen-bond acceptors (Lipinski definition) is 8. The van der Waals surface area contributed by atoms with Gasteiger partial charge in [0.1, 0.15) is 12.3 Å². The number of thiophene rings is 1. The lowest BCUT2D eigenvalue weighted by atomic mass is 10.1. The molecule has 0 saturated carbocycles. The Bertz CT molecular complexity index is 936. The van der Waals surface area contributed by atoms with E-state index in [0.29, 0.717) is 34.3 Å². The van der Waals surface area contributed by atoms with Gasteiger partial charge in [0.25, 0.3) is 0 Å². The largest absolute Gasteiger partial charge is 0.493 e. The maximum Gasteiger partial charge on any atom is 0.331 e. The summed E-state index contributed by atoms with van der Waals surface area (Å²) in [5.74, 6) is 1.62. The Labute approximate surface area is 166 Å². The molecule has 0 atom stereocenters. The van der Waals surface area contributed by atoms with Crippen LogP contribution in [0.4, 0.5) is 0 Å². The van der Waals surface area contributed by atoms with Gasteiger partial charge in [-0.1, -0.05) is 11.2 Å². The van der Waals surface area contributed by atoms with Crippen LogP contribution in [0.25, 0.3) is 16.7 Å². The van der Waals surface area contributed by atoms with Gasteiger partial charge in [-0.2, -0.15) is 0 Å². The number of rotatable bonds is 8. The van der Waals surface area contributed by atoms with Crippen molar-refractivity contribution in [3.05, 3.63) is 53.0 Å². The van der Waals surface area contributed by atoms with Crippen LogP contribution >= 0.6 is 11.3 Å². The average Bonchev–Trinajstić information content (AvgIpc) is 3.41. The molecule has 0 bridgehead atoms. The van der Waals surface area contributed by atoms with Crippen LogP contribution in [0.15, 0.2) is 46.3 Å². The third kappa shape index (κ3) is 4.52. The summed E-state index contributed by atoms with van der Waals surface area (Å²) < 4.78 is 26.3. The normalized spacial score (nSPS) is 10.8. The molecule has 0 saturated heterocycles. The molecule has 0 unspecified atom stereocenters. The maximum absolute atomic E-state index is 12.0. The fourth-order valence-corrected chi connectivity index (χ4v) is 3.14. The van der Waals surface area contributed by atoms with E-state index >= 15 is 0 Å². The molecule has 0 N–H and O–H groups in total. The molecule has 0 spiro atoms. The topological polar surface area (TPSA) is 80.0 Å². The van der Waals surface area contributed by atoms with Crippen LogP contribution in [0.2, 0.25) is 0 Å². The average molecular weight is 401 g/mol. The van der Waals surface area contributed by atoms with Crippen molar-refractivity contribution in [1.82, 2.24) is 5.16 Å². The Hall–Kier alpha value is -3.26. The molecule has 28 heavy (non-hydrogen) atoms. The zero-order chi connectivity index (χ0) is 19.9. The molecule has 2 heterocycles. The first-order valence-corrected chi connectivity index (χ1v) is 9.17. The second kappa shape index (κ2) is 9.09. The van der Waals surface area contributed by atoms with Gasteiger partial charge in [-0.05, 0) is 35.2 Å². The summed E-state index contributed by atoms with van der Waals surface area (Å²) in [6.07, 6.45) is 2.92. The van der Waals surface area contributed by atoms with Crippen LogP contribution in [-0.4, -0.2) is 32.5 Å². The number of aromatic nitrogens is 1. The number of ether oxygens (including phenoxy) is 4. The van der Waals surface area contributed by atoms with Crippen molar-refractivity contribution in [2.45, 2.75) is 6.61 Å². The van der Waals surface area contributed by atoms with E-state index in [1.54, 1.807) is 35.6 Å². The predicted molar refractivity (Wildman–Crippen MR) is 105 cm³/mol. The fraction of sp³-hybridized carbons (Fsp3) is 0.200. The van der Waals surface area contributed by atoms with Crippen LogP contribution in [0.5, 0.6) is 17.2 Å². The van der Waals surface area contributed by atoms with Crippen LogP contribution in [0.1, 0.15) is 11.3 Å². The van der Waals surface area contributed by atoms with Crippen LogP contribution in [-0.2, 0) is 16.1 Å². The predicted octanol–water partition coefficient (Wildman–Crippen LogP) is 4.19. The van der Waals surface area contributed by atoms with Gasteiger partial charge in [-0.15, -0.1) is 11.3 Å². The van der Waals surface area contributed by atoms with Crippen molar-refractivity contribution in [1.29, 1.82) is 0 Å². The monoisotopic (exact) mass is 401 g/mol. The molecule has 7 nitrogen and oxygen atoms in total. The summed E-state index contributed by atoms with van der Waals surface area (Å²) in [4.78, 5) is 13.0. The third-order valence-corrected chi connectivity index (χ3v) is 4.67. The van der Waals surface area contributed by atoms with Crippen molar-refractivity contribution in [3.8, 4) is 27.9 Å². The van der Waals surface area contributed by atoms with Gasteiger partial charge in [0.2, 0.25) is 5.75 Å². The second-order valence-electron chi connectivity index (χ2n) is 5.56. The molecule has 8 heteroatoms. The van der Waals surface area contributed by atoms with Gasteiger partial charge in [0, 0.05) is 12.1 Å². The number of carbonyl (C=O) groups excluding carboxylic acids is 1. The third-order valence-electron chi connectivity index (χ3n) is 3.78. The smallest absolute Gasteiger partial charge is 0.331 e. The molecule has 1 aromatic carbocycles. The van der Waals surface area contributed by atoms with Crippen LogP contribution < -0.4 is 14.2 Å². The number of benzene rings is 1. The van der Waals surface area contributed by atoms with Gasteiger partial charge in [0.15, 0.2) is 17.3 Å². The van der Waals surface area contributed by atoms with Crippen molar-refractivity contribution < 1.29 is 28.3 Å². The Balaban J connectivity index is 1.62. The van der Waals surface area contributed by atoms with E-state index in [4.69, 9.17) is 23.5 Å². The Morgan fingerprint density at radius 3 is 2.50 bits per heavy atom. The summed E-state index contributed by atoms with van der Waals surface area (Å²) in [6, 6.07) is 9.07. The minimum absolute atomic E-state index is 0.0211. The van der Waals surface area contributed by atoms with Gasteiger partial charge >= 0.3 is 5.97 Å². The van der Waals surface area contributed by atoms with Gasteiger partial charge in [0.05, 0.1) is 26.2 Å². The first kappa shape index (κ1) is 19.5. The number of nitrogens with zero attached hydrogens (tertiary/aromatic N) is 1. The highest BCUT2D eigenvalue weighted by molar-refractivity contribution is 7.13. The number of methoxy groups -OCH3 is 3. The van der Waals surface area contributed by atoms with E-state index in [0.717, 1.165) is 4.88 Å². The zero-order valence-electron chi connectivity index (χ0n) is 15.6. The minimum Gasteiger partial charge on any atom is -0.493 e. The van der Waals surface area contributed by atoms with E-state index in [1.165, 1.54) is 27.4 Å². The Morgan fingerprint density at radius 1 is 1.14 bits per heavy atom. The quantitative estimate of drug-likeness (QED) is 0.414. The fourth-order valence-electron chi connectivity index (χ4n) is 2.47. The highest BCUT2D eigenvalue weighted by Gasteiger charge is 2.13. The van der Waals surface area contributed by atoms with Crippen molar-refractivity contribution in [2.75, 3.05) is 21.3 Å². The summed E-state index contributed by atoms with van der Waals surface area (Å²) in [5, 5.41) is 5.86. The van der Waals surface area contributed by atoms with Crippen molar-refractivity contribution in [2.24, 2.45) is 0 Å². The van der Waals surface area contributed by atoms with Crippen LogP contribution in [0, 0.1) is 0 Å². The van der Waals surface area contributed by atoms with E-state index < -0.39 is 5.97 Å². The second-order valence-corrected chi connectivity index (χ2v) is 6.51. The first-order chi connectivity index (χ1) is 13.6. The number of carbonyl (C=O) groups is 1. The molecule has 0 aliphatic heterocycles. The lowest BCUT2D eigenvalue weighted by molar-refractivity contribution is -0.139. The molecule has 0 radical (unpaired) electrons. The standard InChI is InChI=1S/C20H19NO6S/c1-23-16-9-13(10-17(24-2)20(16)25-3)6-7-19(22)26-12-14-11-15(27-21-14)18-5-4-8-28-18/h4-11H,12H2,1-3H3/b7-6+. The van der Waals surface area contributed by atoms with Crippen molar-refractivity contribution in [3.63, 3.8) is 0 Å². The van der Waals surface area contributed by atoms with Crippen molar-refractivity contribution >= 4 is 23.4 Å². The SMILES string of the molecule is COc1cc(/C=C/C(=O)OCc2cc(-c3cccs3)on2)cc(OC)c1OC. The Kier molecular flexibility index (Phi) is 6.33. The molecule has 3 aromatic rings. The molecule has 3 rings (SSSR count). The maximum atomic E-state index is 12.0. The number of hydrogen-bond donors (Lipinski definition) is 0. The zero-order valence-corrected chi connectivity index (χ0v) is 16.4. The highest BCUT2D eigenvalue weighted by atomic mass is 32.1. The van der Waals surface area contributed by atoms with E-state index in [1.807, 2.05) is 17.5 Å².